The summed E-state index contributed by atoms with van der Waals surface area (Å²) in [5.41, 5.74) is 32.0. The van der Waals surface area contributed by atoms with Gasteiger partial charge in [0, 0.05) is 32.9 Å². The summed E-state index contributed by atoms with van der Waals surface area (Å²) in [5, 5.41) is 9.96. The summed E-state index contributed by atoms with van der Waals surface area (Å²) in [6, 6.07) is 105. The lowest BCUT2D eigenvalue weighted by Crippen LogP contribution is -2.26. The molecule has 0 unspecified atom stereocenters. The van der Waals surface area contributed by atoms with Crippen LogP contribution in [0.15, 0.2) is 279 Å². The van der Waals surface area contributed by atoms with E-state index in [0.29, 0.717) is 0 Å². The largest absolute Gasteiger partial charge is 0.309 e. The highest BCUT2D eigenvalue weighted by Gasteiger charge is 2.51. The Labute approximate surface area is 530 Å². The van der Waals surface area contributed by atoms with Crippen molar-refractivity contribution >= 4 is 89.5 Å². The second kappa shape index (κ2) is 20.4. The van der Waals surface area contributed by atoms with Crippen LogP contribution in [-0.2, 0) is 5.41 Å². The highest BCUT2D eigenvalue weighted by Crippen LogP contribution is 2.63. The average Bonchev–Trinajstić information content (AvgIpc) is 1.51. The Balaban J connectivity index is 0.646. The van der Waals surface area contributed by atoms with Gasteiger partial charge in [0.15, 0.2) is 0 Å². The lowest BCUT2D eigenvalue weighted by molar-refractivity contribution is 0.793. The number of fused-ring (bicyclic) bond motifs is 18. The first-order valence-electron chi connectivity index (χ1n) is 31.8. The van der Waals surface area contributed by atoms with Crippen LogP contribution in [0, 0.1) is 27.7 Å². The second-order valence-electron chi connectivity index (χ2n) is 25.6. The third-order valence-corrected chi connectivity index (χ3v) is 19.7. The van der Waals surface area contributed by atoms with Crippen LogP contribution >= 0.6 is 0 Å². The van der Waals surface area contributed by atoms with Gasteiger partial charge in [-0.2, -0.15) is 0 Å². The predicted molar refractivity (Wildman–Crippen MR) is 387 cm³/mol. The molecule has 2 aliphatic carbocycles. The van der Waals surface area contributed by atoms with Gasteiger partial charge in [-0.15, -0.1) is 0 Å². The Kier molecular flexibility index (Phi) is 11.8. The summed E-state index contributed by atoms with van der Waals surface area (Å²) in [6.45, 7) is 8.73. The number of rotatable bonds is 8. The number of hydrogen-bond donors (Lipinski definition) is 0. The molecule has 0 saturated carbocycles. The molecule has 91 heavy (non-hydrogen) atoms. The molecule has 0 amide bonds. The Morgan fingerprint density at radius 1 is 0.242 bits per heavy atom. The van der Waals surface area contributed by atoms with Crippen molar-refractivity contribution in [2.45, 2.75) is 33.1 Å². The highest BCUT2D eigenvalue weighted by molar-refractivity contribution is 6.12. The second-order valence-corrected chi connectivity index (χ2v) is 25.6. The van der Waals surface area contributed by atoms with Gasteiger partial charge in [0.1, 0.15) is 0 Å². The Morgan fingerprint density at radius 3 is 1.02 bits per heavy atom. The molecule has 428 valence electrons. The Hall–Kier alpha value is -11.3. The van der Waals surface area contributed by atoms with Crippen LogP contribution < -0.4 is 0 Å². The molecule has 2 heterocycles. The molecule has 2 heteroatoms. The monoisotopic (exact) mass is 1160 g/mol. The molecule has 14 aromatic carbocycles. The number of benzene rings is 14. The Morgan fingerprint density at radius 2 is 0.571 bits per heavy atom. The maximum absolute atomic E-state index is 2.47. The van der Waals surface area contributed by atoms with Crippen molar-refractivity contribution in [1.29, 1.82) is 0 Å². The normalized spacial score (nSPS) is 13.1. The number of nitrogens with zero attached hydrogens (tertiary/aromatic N) is 2. The standard InChI is InChI=1S/C89H62N2/c1-55-41-56(2)44-71(43-55)90-85-19-11-7-15-77(85)79-53-69(35-39-87(79)90)67-33-31-63-47-59(25-29-65(63)51-67)21-23-61-27-37-75-76-38-28-62(50-84(76)89(83(75)49-61)81-17-9-5-13-73(81)74-14-6-10-18-82(74)89)24-22-60-26-30-66-52-68(34-32-64(66)48-60)70-36-40-88-80(54-70)78-16-8-12-20-86(78)91(88)72-45-57(3)42-58(4)46-72/h5-54H,1-4H3/b23-21+,24-22+. The van der Waals surface area contributed by atoms with Gasteiger partial charge in [0.2, 0.25) is 0 Å². The fourth-order valence-electron chi connectivity index (χ4n) is 15.9. The molecule has 2 nitrogen and oxygen atoms in total. The van der Waals surface area contributed by atoms with Crippen molar-refractivity contribution in [2.75, 3.05) is 0 Å². The van der Waals surface area contributed by atoms with Gasteiger partial charge >= 0.3 is 0 Å². The van der Waals surface area contributed by atoms with Crippen molar-refractivity contribution < 1.29 is 0 Å². The van der Waals surface area contributed by atoms with Gasteiger partial charge < -0.3 is 9.13 Å². The van der Waals surface area contributed by atoms with Gasteiger partial charge in [0.25, 0.3) is 0 Å². The van der Waals surface area contributed by atoms with Gasteiger partial charge in [-0.1, -0.05) is 206 Å². The van der Waals surface area contributed by atoms with E-state index in [9.17, 15) is 0 Å². The van der Waals surface area contributed by atoms with E-state index in [1.165, 1.54) is 188 Å². The van der Waals surface area contributed by atoms with Crippen LogP contribution in [0.25, 0.3) is 145 Å². The maximum atomic E-state index is 2.47. The van der Waals surface area contributed by atoms with E-state index in [4.69, 9.17) is 0 Å². The average molecular weight is 1160 g/mol. The van der Waals surface area contributed by atoms with Crippen LogP contribution in [0.2, 0.25) is 0 Å². The lowest BCUT2D eigenvalue weighted by Gasteiger charge is -2.30. The minimum atomic E-state index is -0.476. The van der Waals surface area contributed by atoms with Crippen molar-refractivity contribution in [2.24, 2.45) is 0 Å². The number of para-hydroxylation sites is 2. The SMILES string of the molecule is Cc1cc(C)cc(-n2c3ccccc3c3cc(-c4ccc5cc(/C=C/c6ccc7c(c6)C6(c8ccccc8-c8ccccc86)c6cc(/C=C/c8ccc9cc(-c%10ccc%11c(c%10)c%10ccccc%10n%11-c%10cc(C)cc(C)c%10)ccc9c8)ccc6-7)ccc5c4)ccc32)c1. The minimum Gasteiger partial charge on any atom is -0.309 e. The third kappa shape index (κ3) is 8.40. The summed E-state index contributed by atoms with van der Waals surface area (Å²) in [4.78, 5) is 0. The van der Waals surface area contributed by atoms with E-state index in [2.05, 4.69) is 340 Å². The summed E-state index contributed by atoms with van der Waals surface area (Å²) in [6.07, 6.45) is 9.16. The first-order valence-corrected chi connectivity index (χ1v) is 31.8. The van der Waals surface area contributed by atoms with Gasteiger partial charge in [-0.05, 0) is 258 Å². The van der Waals surface area contributed by atoms with Crippen LogP contribution in [0.4, 0.5) is 0 Å². The van der Waals surface area contributed by atoms with E-state index in [0.717, 1.165) is 0 Å². The Bertz CT molecular complexity index is 5430. The summed E-state index contributed by atoms with van der Waals surface area (Å²) >= 11 is 0. The molecule has 0 saturated heterocycles. The van der Waals surface area contributed by atoms with Crippen LogP contribution in [-0.4, -0.2) is 9.13 Å². The fraction of sp³-hybridized carbons (Fsp3) is 0.0562. The minimum absolute atomic E-state index is 0.476. The molecule has 18 rings (SSSR count). The molecule has 0 atom stereocenters. The molecular weight excluding hydrogens is 1100 g/mol. The van der Waals surface area contributed by atoms with Gasteiger partial charge in [0.05, 0.1) is 27.5 Å². The van der Waals surface area contributed by atoms with Crippen LogP contribution in [0.5, 0.6) is 0 Å². The quantitative estimate of drug-likeness (QED) is 0.134. The van der Waals surface area contributed by atoms with Gasteiger partial charge in [-0.25, -0.2) is 0 Å². The van der Waals surface area contributed by atoms with Crippen molar-refractivity contribution in [3.8, 4) is 55.9 Å². The zero-order valence-electron chi connectivity index (χ0n) is 51.3. The van der Waals surface area contributed by atoms with Crippen molar-refractivity contribution in [3.63, 3.8) is 0 Å². The first kappa shape index (κ1) is 52.8. The predicted octanol–water partition coefficient (Wildman–Crippen LogP) is 23.4. The molecule has 1 spiro atoms. The summed E-state index contributed by atoms with van der Waals surface area (Å²) < 4.78 is 4.84. The molecule has 2 aliphatic rings. The van der Waals surface area contributed by atoms with Gasteiger partial charge in [-0.3, -0.25) is 0 Å². The zero-order chi connectivity index (χ0) is 60.6. The van der Waals surface area contributed by atoms with Crippen molar-refractivity contribution in [1.82, 2.24) is 9.13 Å². The fourth-order valence-corrected chi connectivity index (χ4v) is 15.9. The zero-order valence-corrected chi connectivity index (χ0v) is 51.3. The molecule has 0 bridgehead atoms. The molecule has 16 aromatic rings. The summed E-state index contributed by atoms with van der Waals surface area (Å²) in [5.74, 6) is 0. The topological polar surface area (TPSA) is 9.86 Å². The van der Waals surface area contributed by atoms with E-state index >= 15 is 0 Å². The van der Waals surface area contributed by atoms with E-state index in [1.807, 2.05) is 0 Å². The first-order chi connectivity index (χ1) is 44.7. The molecule has 0 N–H and O–H groups in total. The highest BCUT2D eigenvalue weighted by atomic mass is 15.0. The smallest absolute Gasteiger partial charge is 0.0725 e. The van der Waals surface area contributed by atoms with E-state index < -0.39 is 5.41 Å². The molecule has 0 fully saturated rings. The van der Waals surface area contributed by atoms with E-state index in [-0.39, 0.29) is 0 Å². The van der Waals surface area contributed by atoms with Crippen LogP contribution in [0.1, 0.15) is 66.8 Å². The number of aromatic nitrogens is 2. The number of hydrogen-bond acceptors (Lipinski definition) is 0. The third-order valence-electron chi connectivity index (χ3n) is 19.7. The maximum Gasteiger partial charge on any atom is 0.0725 e. The molecular formula is C89H62N2. The molecule has 2 aromatic heterocycles. The van der Waals surface area contributed by atoms with E-state index in [1.54, 1.807) is 0 Å². The number of aryl methyl sites for hydroxylation is 4. The molecule has 0 aliphatic heterocycles. The lowest BCUT2D eigenvalue weighted by atomic mass is 9.70. The summed E-state index contributed by atoms with van der Waals surface area (Å²) in [7, 11) is 0. The molecule has 0 radical (unpaired) electrons. The van der Waals surface area contributed by atoms with Crippen molar-refractivity contribution in [3.05, 3.63) is 346 Å². The van der Waals surface area contributed by atoms with Crippen LogP contribution in [0.3, 0.4) is 0 Å².